The van der Waals surface area contributed by atoms with Gasteiger partial charge < -0.3 is 10.8 Å². The maximum Gasteiger partial charge on any atom is 0.0635 e. The summed E-state index contributed by atoms with van der Waals surface area (Å²) in [5.74, 6) is 0. The first kappa shape index (κ1) is 12.3. The van der Waals surface area contributed by atoms with E-state index in [2.05, 4.69) is 0 Å². The maximum atomic E-state index is 8.91. The van der Waals surface area contributed by atoms with Crippen LogP contribution in [-0.4, -0.2) is 11.2 Å². The van der Waals surface area contributed by atoms with Gasteiger partial charge in [0.05, 0.1) is 16.8 Å². The molecule has 0 heterocycles. The standard InChI is InChI=1S/C6H6ClN.C6H12O/c7-5-3-1-2-4-6(5)8;7-6-4-2-1-3-5-6/h1-4H,8H2;6-7H,1-5H2. The Kier molecular flexibility index (Phi) is 5.51. The van der Waals surface area contributed by atoms with E-state index >= 15 is 0 Å². The number of rotatable bonds is 0. The van der Waals surface area contributed by atoms with Gasteiger partial charge in [0.25, 0.3) is 0 Å². The van der Waals surface area contributed by atoms with Crippen LogP contribution in [0.25, 0.3) is 0 Å². The van der Waals surface area contributed by atoms with Crippen LogP contribution < -0.4 is 5.73 Å². The number of aliphatic hydroxyl groups excluding tert-OH is 1. The molecule has 1 aromatic carbocycles. The molecule has 0 amide bonds. The lowest BCUT2D eigenvalue weighted by atomic mass is 9.98. The molecule has 3 N–H and O–H groups in total. The van der Waals surface area contributed by atoms with Gasteiger partial charge in [0.2, 0.25) is 0 Å². The van der Waals surface area contributed by atoms with Gasteiger partial charge in [-0.15, -0.1) is 0 Å². The first-order valence-electron chi connectivity index (χ1n) is 5.38. The molecule has 15 heavy (non-hydrogen) atoms. The van der Waals surface area contributed by atoms with Crippen molar-refractivity contribution in [2.75, 3.05) is 5.73 Å². The molecule has 0 saturated heterocycles. The molecule has 1 fully saturated rings. The second-order valence-corrected chi connectivity index (χ2v) is 4.22. The van der Waals surface area contributed by atoms with Crippen molar-refractivity contribution in [1.82, 2.24) is 0 Å². The van der Waals surface area contributed by atoms with E-state index in [-0.39, 0.29) is 6.10 Å². The highest BCUT2D eigenvalue weighted by molar-refractivity contribution is 6.33. The summed E-state index contributed by atoms with van der Waals surface area (Å²) in [7, 11) is 0. The molecular weight excluding hydrogens is 210 g/mol. The van der Waals surface area contributed by atoms with Crippen LogP contribution in [0, 0.1) is 0 Å². The molecule has 2 nitrogen and oxygen atoms in total. The van der Waals surface area contributed by atoms with Crippen molar-refractivity contribution in [2.45, 2.75) is 38.2 Å². The van der Waals surface area contributed by atoms with Gasteiger partial charge in [-0.2, -0.15) is 0 Å². The van der Waals surface area contributed by atoms with E-state index in [1.54, 1.807) is 12.1 Å². The quantitative estimate of drug-likeness (QED) is 0.669. The number of benzene rings is 1. The number of nitrogens with two attached hydrogens (primary N) is 1. The summed E-state index contributed by atoms with van der Waals surface area (Å²) >= 11 is 5.58. The van der Waals surface area contributed by atoms with E-state index in [0.717, 1.165) is 12.8 Å². The largest absolute Gasteiger partial charge is 0.398 e. The third-order valence-electron chi connectivity index (χ3n) is 2.48. The molecule has 2 rings (SSSR count). The summed E-state index contributed by atoms with van der Waals surface area (Å²) in [6.07, 6.45) is 5.92. The van der Waals surface area contributed by atoms with E-state index in [1.807, 2.05) is 12.1 Å². The van der Waals surface area contributed by atoms with Crippen molar-refractivity contribution in [3.63, 3.8) is 0 Å². The van der Waals surface area contributed by atoms with Crippen molar-refractivity contribution in [3.8, 4) is 0 Å². The molecule has 0 aliphatic heterocycles. The molecule has 3 heteroatoms. The van der Waals surface area contributed by atoms with Gasteiger partial charge in [-0.3, -0.25) is 0 Å². The van der Waals surface area contributed by atoms with Crippen LogP contribution in [0.2, 0.25) is 5.02 Å². The second-order valence-electron chi connectivity index (χ2n) is 3.81. The van der Waals surface area contributed by atoms with Gasteiger partial charge in [-0.25, -0.2) is 0 Å². The van der Waals surface area contributed by atoms with Crippen molar-refractivity contribution < 1.29 is 5.11 Å². The minimum Gasteiger partial charge on any atom is -0.398 e. The maximum absolute atomic E-state index is 8.91. The monoisotopic (exact) mass is 227 g/mol. The van der Waals surface area contributed by atoms with Crippen LogP contribution in [0.3, 0.4) is 0 Å². The van der Waals surface area contributed by atoms with Gasteiger partial charge >= 0.3 is 0 Å². The Morgan fingerprint density at radius 2 is 1.73 bits per heavy atom. The number of para-hydroxylation sites is 1. The summed E-state index contributed by atoms with van der Waals surface area (Å²) in [4.78, 5) is 0. The van der Waals surface area contributed by atoms with Gasteiger partial charge in [-0.1, -0.05) is 43.0 Å². The summed E-state index contributed by atoms with van der Waals surface area (Å²) in [5.41, 5.74) is 6.02. The Morgan fingerprint density at radius 3 is 2.07 bits per heavy atom. The molecule has 0 bridgehead atoms. The van der Waals surface area contributed by atoms with Crippen LogP contribution in [0.4, 0.5) is 5.69 Å². The first-order chi connectivity index (χ1) is 7.20. The molecule has 0 aromatic heterocycles. The molecule has 1 aromatic rings. The van der Waals surface area contributed by atoms with Gasteiger partial charge in [0, 0.05) is 0 Å². The van der Waals surface area contributed by atoms with E-state index in [9.17, 15) is 0 Å². The Hall–Kier alpha value is -0.730. The number of hydrogen-bond acceptors (Lipinski definition) is 2. The fraction of sp³-hybridized carbons (Fsp3) is 0.500. The summed E-state index contributed by atoms with van der Waals surface area (Å²) in [6.45, 7) is 0. The molecular formula is C12H18ClNO. The molecule has 1 saturated carbocycles. The van der Waals surface area contributed by atoms with Crippen LogP contribution >= 0.6 is 11.6 Å². The normalized spacial score (nSPS) is 16.7. The summed E-state index contributed by atoms with van der Waals surface area (Å²) < 4.78 is 0. The van der Waals surface area contributed by atoms with Crippen molar-refractivity contribution in [1.29, 1.82) is 0 Å². The van der Waals surface area contributed by atoms with E-state index in [4.69, 9.17) is 22.4 Å². The van der Waals surface area contributed by atoms with Crippen molar-refractivity contribution in [2.24, 2.45) is 0 Å². The van der Waals surface area contributed by atoms with Gasteiger partial charge in [-0.05, 0) is 25.0 Å². The Balaban J connectivity index is 0.000000151. The highest BCUT2D eigenvalue weighted by Crippen LogP contribution is 2.16. The highest BCUT2D eigenvalue weighted by atomic mass is 35.5. The average molecular weight is 228 g/mol. The number of hydrogen-bond donors (Lipinski definition) is 2. The molecule has 1 aliphatic carbocycles. The second kappa shape index (κ2) is 6.70. The molecule has 1 aliphatic rings. The average Bonchev–Trinajstić information content (AvgIpc) is 2.25. The lowest BCUT2D eigenvalue weighted by molar-refractivity contribution is 0.130. The van der Waals surface area contributed by atoms with E-state index in [1.165, 1.54) is 19.3 Å². The number of halogens is 1. The molecule has 84 valence electrons. The smallest absolute Gasteiger partial charge is 0.0635 e. The van der Waals surface area contributed by atoms with Crippen molar-refractivity contribution >= 4 is 17.3 Å². The van der Waals surface area contributed by atoms with Crippen LogP contribution in [0.5, 0.6) is 0 Å². The van der Waals surface area contributed by atoms with Crippen LogP contribution in [-0.2, 0) is 0 Å². The molecule has 0 radical (unpaired) electrons. The molecule has 0 unspecified atom stereocenters. The van der Waals surface area contributed by atoms with Crippen LogP contribution in [0.1, 0.15) is 32.1 Å². The third-order valence-corrected chi connectivity index (χ3v) is 2.82. The zero-order valence-corrected chi connectivity index (χ0v) is 9.58. The van der Waals surface area contributed by atoms with Gasteiger partial charge in [0.1, 0.15) is 0 Å². The zero-order valence-electron chi connectivity index (χ0n) is 8.82. The fourth-order valence-corrected chi connectivity index (χ4v) is 1.69. The Bertz CT molecular complexity index is 264. The predicted molar refractivity (Wildman–Crippen MR) is 65.0 cm³/mol. The van der Waals surface area contributed by atoms with E-state index < -0.39 is 0 Å². The topological polar surface area (TPSA) is 46.2 Å². The fourth-order valence-electron chi connectivity index (χ4n) is 1.56. The lowest BCUT2D eigenvalue weighted by Gasteiger charge is -2.14. The third kappa shape index (κ3) is 5.05. The Morgan fingerprint density at radius 1 is 1.13 bits per heavy atom. The van der Waals surface area contributed by atoms with Crippen molar-refractivity contribution in [3.05, 3.63) is 29.3 Å². The van der Waals surface area contributed by atoms with E-state index in [0.29, 0.717) is 10.7 Å². The summed E-state index contributed by atoms with van der Waals surface area (Å²) in [6, 6.07) is 7.22. The Labute approximate surface area is 96.1 Å². The molecule has 0 atom stereocenters. The molecule has 0 spiro atoms. The summed E-state index contributed by atoms with van der Waals surface area (Å²) in [5, 5.41) is 9.53. The SMILES string of the molecule is Nc1ccccc1Cl.OC1CCCCC1. The van der Waals surface area contributed by atoms with Crippen LogP contribution in [0.15, 0.2) is 24.3 Å². The number of nitrogen functional groups attached to an aromatic ring is 1. The van der Waals surface area contributed by atoms with Gasteiger partial charge in [0.15, 0.2) is 0 Å². The first-order valence-corrected chi connectivity index (χ1v) is 5.76. The lowest BCUT2D eigenvalue weighted by Crippen LogP contribution is -2.09. The predicted octanol–water partition coefficient (Wildman–Crippen LogP) is 3.23. The minimum atomic E-state index is 0.0359. The zero-order chi connectivity index (χ0) is 11.1. The number of anilines is 1. The highest BCUT2D eigenvalue weighted by Gasteiger charge is 2.07. The minimum absolute atomic E-state index is 0.0359. The number of aliphatic hydroxyl groups is 1.